The molecule has 4 rings (SSSR count). The monoisotopic (exact) mass is 406 g/mol. The molecule has 7 heteroatoms. The number of rotatable bonds is 4. The lowest BCUT2D eigenvalue weighted by atomic mass is 10.0. The Balaban J connectivity index is 1.47. The standard InChI is InChI=1S/C23H22N2O5/c1-13-8-17-16(12-29-20(17)9-14(13)2)10-22(27)30-15(3)23(28)25-11-21(26)24-18-6-4-5-7-19(18)25/h4-9,12,15H,10-11H2,1-3H3,(H,24,26)/t15-/m1/s1. The van der Waals surface area contributed by atoms with Crippen LogP contribution < -0.4 is 10.2 Å². The molecule has 0 aliphatic carbocycles. The molecular weight excluding hydrogens is 384 g/mol. The SMILES string of the molecule is Cc1cc2occ(CC(=O)O[C@H](C)C(=O)N3CC(=O)Nc4ccccc43)c2cc1C. The van der Waals surface area contributed by atoms with Gasteiger partial charge < -0.3 is 14.5 Å². The van der Waals surface area contributed by atoms with Crippen molar-refractivity contribution >= 4 is 40.1 Å². The van der Waals surface area contributed by atoms with Gasteiger partial charge in [0.25, 0.3) is 5.91 Å². The molecule has 1 aliphatic heterocycles. The van der Waals surface area contributed by atoms with Crippen LogP contribution in [0.3, 0.4) is 0 Å². The van der Waals surface area contributed by atoms with Crippen molar-refractivity contribution in [1.29, 1.82) is 0 Å². The first-order chi connectivity index (χ1) is 14.3. The molecule has 7 nitrogen and oxygen atoms in total. The number of anilines is 2. The lowest BCUT2D eigenvalue weighted by molar-refractivity contribution is -0.153. The van der Waals surface area contributed by atoms with Gasteiger partial charge in [-0.2, -0.15) is 0 Å². The molecular formula is C23H22N2O5. The Morgan fingerprint density at radius 1 is 1.20 bits per heavy atom. The maximum Gasteiger partial charge on any atom is 0.311 e. The zero-order valence-electron chi connectivity index (χ0n) is 17.0. The summed E-state index contributed by atoms with van der Waals surface area (Å²) in [6.45, 7) is 5.38. The fourth-order valence-electron chi connectivity index (χ4n) is 3.57. The Labute approximate surface area is 173 Å². The van der Waals surface area contributed by atoms with E-state index in [0.717, 1.165) is 16.5 Å². The third kappa shape index (κ3) is 3.66. The third-order valence-electron chi connectivity index (χ3n) is 5.30. The fourth-order valence-corrected chi connectivity index (χ4v) is 3.57. The number of carbonyl (C=O) groups excluding carboxylic acids is 3. The number of benzene rings is 2. The summed E-state index contributed by atoms with van der Waals surface area (Å²) >= 11 is 0. The molecule has 2 heterocycles. The molecule has 1 aromatic heterocycles. The van der Waals surface area contributed by atoms with Gasteiger partial charge in [-0.15, -0.1) is 0 Å². The van der Waals surface area contributed by atoms with Gasteiger partial charge in [0.2, 0.25) is 5.91 Å². The van der Waals surface area contributed by atoms with Crippen LogP contribution in [0.15, 0.2) is 47.1 Å². The van der Waals surface area contributed by atoms with Crippen molar-refractivity contribution in [3.63, 3.8) is 0 Å². The first-order valence-corrected chi connectivity index (χ1v) is 9.70. The Hall–Kier alpha value is -3.61. The molecule has 3 aromatic rings. The fraction of sp³-hybridized carbons (Fsp3) is 0.261. The molecule has 0 fully saturated rings. The Morgan fingerprint density at radius 3 is 2.73 bits per heavy atom. The second-order valence-corrected chi connectivity index (χ2v) is 7.49. The number of esters is 1. The number of amides is 2. The molecule has 0 unspecified atom stereocenters. The molecule has 1 N–H and O–H groups in total. The van der Waals surface area contributed by atoms with Crippen LogP contribution in [0, 0.1) is 13.8 Å². The van der Waals surface area contributed by atoms with Gasteiger partial charge in [-0.3, -0.25) is 19.3 Å². The van der Waals surface area contributed by atoms with Crippen LogP contribution in [-0.2, 0) is 25.5 Å². The summed E-state index contributed by atoms with van der Waals surface area (Å²) in [5, 5.41) is 3.59. The quantitative estimate of drug-likeness (QED) is 0.670. The lowest BCUT2D eigenvalue weighted by Gasteiger charge is -2.30. The average Bonchev–Trinajstić information content (AvgIpc) is 3.08. The smallest absolute Gasteiger partial charge is 0.311 e. The minimum atomic E-state index is -1.03. The topological polar surface area (TPSA) is 88.8 Å². The number of hydrogen-bond donors (Lipinski definition) is 1. The van der Waals surface area contributed by atoms with Crippen molar-refractivity contribution in [3.8, 4) is 0 Å². The molecule has 154 valence electrons. The van der Waals surface area contributed by atoms with Crippen molar-refractivity contribution in [2.45, 2.75) is 33.3 Å². The van der Waals surface area contributed by atoms with Crippen LogP contribution in [-0.4, -0.2) is 30.4 Å². The molecule has 2 aromatic carbocycles. The largest absolute Gasteiger partial charge is 0.464 e. The maximum atomic E-state index is 12.9. The lowest BCUT2D eigenvalue weighted by Crippen LogP contribution is -2.47. The highest BCUT2D eigenvalue weighted by atomic mass is 16.5. The first-order valence-electron chi connectivity index (χ1n) is 9.70. The van der Waals surface area contributed by atoms with E-state index in [4.69, 9.17) is 9.15 Å². The minimum absolute atomic E-state index is 0.00973. The number of nitrogens with zero attached hydrogens (tertiary/aromatic N) is 1. The molecule has 0 bridgehead atoms. The predicted molar refractivity (Wildman–Crippen MR) is 112 cm³/mol. The van der Waals surface area contributed by atoms with E-state index >= 15 is 0 Å². The number of furan rings is 1. The highest BCUT2D eigenvalue weighted by Crippen LogP contribution is 2.30. The Kier molecular flexibility index (Phi) is 5.03. The number of para-hydroxylation sites is 2. The normalized spacial score (nSPS) is 14.2. The molecule has 30 heavy (non-hydrogen) atoms. The van der Waals surface area contributed by atoms with E-state index in [0.29, 0.717) is 22.5 Å². The maximum absolute atomic E-state index is 12.9. The second-order valence-electron chi connectivity index (χ2n) is 7.49. The molecule has 2 amide bonds. The van der Waals surface area contributed by atoms with Crippen molar-refractivity contribution < 1.29 is 23.5 Å². The van der Waals surface area contributed by atoms with E-state index in [1.54, 1.807) is 30.5 Å². The number of nitrogens with one attached hydrogen (secondary N) is 1. The van der Waals surface area contributed by atoms with Gasteiger partial charge in [-0.05, 0) is 56.2 Å². The Morgan fingerprint density at radius 2 is 1.93 bits per heavy atom. The van der Waals surface area contributed by atoms with Crippen molar-refractivity contribution in [3.05, 3.63) is 59.4 Å². The second kappa shape index (κ2) is 7.67. The summed E-state index contributed by atoms with van der Waals surface area (Å²) in [6.07, 6.45) is 0.505. The minimum Gasteiger partial charge on any atom is -0.464 e. The molecule has 1 aliphatic rings. The average molecular weight is 406 g/mol. The summed E-state index contributed by atoms with van der Waals surface area (Å²) in [6, 6.07) is 10.9. The third-order valence-corrected chi connectivity index (χ3v) is 5.30. The zero-order valence-corrected chi connectivity index (χ0v) is 17.0. The summed E-state index contributed by atoms with van der Waals surface area (Å²) in [7, 11) is 0. The summed E-state index contributed by atoms with van der Waals surface area (Å²) in [5.74, 6) is -1.28. The summed E-state index contributed by atoms with van der Waals surface area (Å²) < 4.78 is 10.9. The van der Waals surface area contributed by atoms with E-state index in [2.05, 4.69) is 5.32 Å². The number of hydrogen-bond acceptors (Lipinski definition) is 5. The van der Waals surface area contributed by atoms with Crippen LogP contribution in [0.1, 0.15) is 23.6 Å². The molecule has 0 spiro atoms. The highest BCUT2D eigenvalue weighted by molar-refractivity contribution is 6.11. The van der Waals surface area contributed by atoms with E-state index in [1.807, 2.05) is 26.0 Å². The van der Waals surface area contributed by atoms with Gasteiger partial charge in [0.1, 0.15) is 12.1 Å². The van der Waals surface area contributed by atoms with Crippen molar-refractivity contribution in [2.24, 2.45) is 0 Å². The number of ether oxygens (including phenoxy) is 1. The predicted octanol–water partition coefficient (Wildman–Crippen LogP) is 3.51. The van der Waals surface area contributed by atoms with E-state index in [9.17, 15) is 14.4 Å². The van der Waals surface area contributed by atoms with Gasteiger partial charge in [0.05, 0.1) is 24.1 Å². The van der Waals surface area contributed by atoms with Gasteiger partial charge in [-0.25, -0.2) is 0 Å². The highest BCUT2D eigenvalue weighted by Gasteiger charge is 2.31. The first kappa shape index (κ1) is 19.7. The molecule has 0 radical (unpaired) electrons. The molecule has 0 saturated carbocycles. The van der Waals surface area contributed by atoms with Crippen LogP contribution in [0.25, 0.3) is 11.0 Å². The molecule has 0 saturated heterocycles. The van der Waals surface area contributed by atoms with Gasteiger partial charge in [0.15, 0.2) is 6.10 Å². The summed E-state index contributed by atoms with van der Waals surface area (Å²) in [5.41, 5.74) is 4.76. The van der Waals surface area contributed by atoms with Crippen molar-refractivity contribution in [1.82, 2.24) is 0 Å². The van der Waals surface area contributed by atoms with Crippen LogP contribution in [0.2, 0.25) is 0 Å². The number of aryl methyl sites for hydroxylation is 2. The number of fused-ring (bicyclic) bond motifs is 2. The van der Waals surface area contributed by atoms with E-state index in [-0.39, 0.29) is 18.9 Å². The van der Waals surface area contributed by atoms with E-state index in [1.165, 1.54) is 11.8 Å². The van der Waals surface area contributed by atoms with E-state index < -0.39 is 18.0 Å². The van der Waals surface area contributed by atoms with Crippen LogP contribution >= 0.6 is 0 Å². The van der Waals surface area contributed by atoms with Gasteiger partial charge >= 0.3 is 5.97 Å². The Bertz CT molecular complexity index is 1160. The van der Waals surface area contributed by atoms with Crippen LogP contribution in [0.4, 0.5) is 11.4 Å². The van der Waals surface area contributed by atoms with Crippen LogP contribution in [0.5, 0.6) is 0 Å². The zero-order chi connectivity index (χ0) is 21.4. The molecule has 1 atom stereocenters. The summed E-state index contributed by atoms with van der Waals surface area (Å²) in [4.78, 5) is 38.7. The van der Waals surface area contributed by atoms with Gasteiger partial charge in [-0.1, -0.05) is 12.1 Å². The van der Waals surface area contributed by atoms with Gasteiger partial charge in [0, 0.05) is 10.9 Å². The van der Waals surface area contributed by atoms with Crippen molar-refractivity contribution in [2.75, 3.05) is 16.8 Å². The number of carbonyl (C=O) groups is 3.